The number of aliphatic hydroxyl groups is 1. The number of carboxylic acid groups (broad SMARTS) is 4. The number of esters is 1. The smallest absolute Gasteiger partial charge is 0.329 e. The number of aromatic nitrogens is 1. The number of hydrogen-bond acceptors (Lipinski definition) is 24. The number of nitrogens with two attached hydrogens (primary N) is 3. The maximum atomic E-state index is 14.9. The van der Waals surface area contributed by atoms with Gasteiger partial charge in [0.05, 0.1) is 51.8 Å². The first-order chi connectivity index (χ1) is 54.9. The number of hydrogen-bond donors (Lipinski definition) is 22. The molecule has 14 amide bonds. The lowest BCUT2D eigenvalue weighted by Crippen LogP contribution is -2.62. The Morgan fingerprint density at radius 2 is 1.07 bits per heavy atom. The third-order valence-corrected chi connectivity index (χ3v) is 18.2. The summed E-state index contributed by atoms with van der Waals surface area (Å²) in [6.07, 6.45) is -2.69. The van der Waals surface area contributed by atoms with Crippen LogP contribution in [0.4, 0.5) is 5.69 Å². The maximum Gasteiger partial charge on any atom is 0.329 e. The minimum atomic E-state index is -2.45. The van der Waals surface area contributed by atoms with Gasteiger partial charge in [0.2, 0.25) is 82.7 Å². The molecule has 1 aliphatic heterocycles. The van der Waals surface area contributed by atoms with E-state index in [1.165, 1.54) is 31.2 Å². The van der Waals surface area contributed by atoms with E-state index >= 15 is 0 Å². The van der Waals surface area contributed by atoms with E-state index in [0.29, 0.717) is 29.3 Å². The van der Waals surface area contributed by atoms with Crippen LogP contribution in [0.2, 0.25) is 0 Å². The Kier molecular flexibility index (Phi) is 39.9. The monoisotopic (exact) mass is 1630 g/mol. The molecule has 1 fully saturated rings. The van der Waals surface area contributed by atoms with Gasteiger partial charge in [-0.3, -0.25) is 91.1 Å². The van der Waals surface area contributed by atoms with Crippen molar-refractivity contribution in [3.63, 3.8) is 0 Å². The van der Waals surface area contributed by atoms with Crippen molar-refractivity contribution in [1.82, 2.24) is 74.1 Å². The molecule has 13 atom stereocenters. The fraction of sp³-hybridized carbons (Fsp3) is 0.534. The van der Waals surface area contributed by atoms with Gasteiger partial charge in [-0.2, -0.15) is 0 Å². The van der Waals surface area contributed by atoms with E-state index in [1.807, 2.05) is 10.6 Å². The van der Waals surface area contributed by atoms with Crippen LogP contribution in [0.25, 0.3) is 10.9 Å². The summed E-state index contributed by atoms with van der Waals surface area (Å²) < 4.78 is 5.69. The number of nitrogens with one attached hydrogen (secondary N) is 14. The van der Waals surface area contributed by atoms with Gasteiger partial charge in [0, 0.05) is 47.6 Å². The Bertz CT molecular complexity index is 4060. The third-order valence-electron chi connectivity index (χ3n) is 18.2. The van der Waals surface area contributed by atoms with Crippen LogP contribution in [0.3, 0.4) is 0 Å². The maximum absolute atomic E-state index is 14.9. The van der Waals surface area contributed by atoms with E-state index in [1.54, 1.807) is 30.5 Å². The molecular weight excluding hydrogens is 1530 g/mol. The molecule has 636 valence electrons. The second-order valence-electron chi connectivity index (χ2n) is 27.5. The summed E-state index contributed by atoms with van der Waals surface area (Å²) in [5, 5.41) is 79.0. The van der Waals surface area contributed by atoms with Crippen molar-refractivity contribution in [2.45, 2.75) is 216 Å². The zero-order chi connectivity index (χ0) is 86.5. The lowest BCUT2D eigenvalue weighted by molar-refractivity contribution is -0.156. The first kappa shape index (κ1) is 95.7. The van der Waals surface area contributed by atoms with Crippen LogP contribution < -0.4 is 86.3 Å². The molecule has 0 unspecified atom stereocenters. The summed E-state index contributed by atoms with van der Waals surface area (Å²) in [7, 11) is 0. The number of cyclic esters (lactones) is 1. The highest BCUT2D eigenvalue weighted by molar-refractivity contribution is 6.05. The lowest BCUT2D eigenvalue weighted by Gasteiger charge is -2.30. The van der Waals surface area contributed by atoms with Gasteiger partial charge in [-0.05, 0) is 68.8 Å². The number of fused-ring (bicyclic) bond motifs is 1. The number of H-pyrrole nitrogens is 1. The zero-order valence-corrected chi connectivity index (χ0v) is 64.3. The first-order valence-electron chi connectivity index (χ1n) is 37.4. The van der Waals surface area contributed by atoms with Crippen LogP contribution >= 0.6 is 0 Å². The molecule has 3 aromatic rings. The molecule has 0 radical (unpaired) electrons. The summed E-state index contributed by atoms with van der Waals surface area (Å²) in [5.74, 6) is -29.6. The highest BCUT2D eigenvalue weighted by Gasteiger charge is 2.41. The highest BCUT2D eigenvalue weighted by Crippen LogP contribution is 2.22. The first-order valence-corrected chi connectivity index (χ1v) is 37.4. The number of aromatic amines is 1. The van der Waals surface area contributed by atoms with Crippen molar-refractivity contribution < 1.29 is 126 Å². The molecule has 1 aromatic heterocycles. The molecule has 2 heterocycles. The highest BCUT2D eigenvalue weighted by atomic mass is 16.5. The van der Waals surface area contributed by atoms with Gasteiger partial charge >= 0.3 is 29.8 Å². The molecule has 4 rings (SSSR count). The number of carbonyl (C=O) groups is 20. The van der Waals surface area contributed by atoms with Gasteiger partial charge in [0.15, 0.2) is 5.78 Å². The van der Waals surface area contributed by atoms with Crippen molar-refractivity contribution in [2.24, 2.45) is 17.4 Å². The SMILES string of the molecule is CCCCCCCCCC(=O)N[C@@H](Cc1c[nH]c2ccccc12)C(=O)N[C@H](CC(N)=O)C(=O)N[C@@H](CC(=O)O)C(=O)N[C@@H]1C(=O)NCC(=O)N[C@@H](CCCN)C(=O)N[C@@H](CC(=O)O)C(=O)N[C@H](CC)C(=O)N[C@@H](CC(=O)O)C(=O)NCC(=O)N[C@H](CO)C(=O)N[C@@H]([C@H](C)CC(=O)O)C(=O)N[C@@H](CC(=O)c2ccccc2N)C(=O)O[C@@H]1C. The number of benzene rings is 2. The Balaban J connectivity index is 1.88. The molecule has 0 saturated carbocycles. The van der Waals surface area contributed by atoms with Gasteiger partial charge in [-0.1, -0.05) is 89.6 Å². The predicted molar refractivity (Wildman–Crippen MR) is 405 cm³/mol. The van der Waals surface area contributed by atoms with Gasteiger partial charge in [0.1, 0.15) is 72.6 Å². The second-order valence-corrected chi connectivity index (χ2v) is 27.5. The molecule has 116 heavy (non-hydrogen) atoms. The topological polar surface area (TPSA) is 702 Å². The number of rotatable bonds is 36. The van der Waals surface area contributed by atoms with E-state index in [2.05, 4.69) is 70.4 Å². The molecule has 0 bridgehead atoms. The van der Waals surface area contributed by atoms with Gasteiger partial charge in [0.25, 0.3) is 0 Å². The molecule has 1 aliphatic rings. The number of ether oxygens (including phenoxy) is 1. The van der Waals surface area contributed by atoms with Crippen LogP contribution in [0.15, 0.2) is 54.7 Å². The number of aliphatic hydroxyl groups excluding tert-OH is 1. The Hall–Kier alpha value is -12.7. The van der Waals surface area contributed by atoms with Crippen molar-refractivity contribution in [2.75, 3.05) is 32.0 Å². The normalized spacial score (nSPS) is 21.1. The summed E-state index contributed by atoms with van der Waals surface area (Å²) in [6.45, 7) is 1.45. The van der Waals surface area contributed by atoms with Gasteiger partial charge < -0.3 is 122 Å². The number of amides is 14. The van der Waals surface area contributed by atoms with Crippen LogP contribution in [0, 0.1) is 5.92 Å². The van der Waals surface area contributed by atoms with Crippen molar-refractivity contribution in [3.8, 4) is 0 Å². The standard InChI is InChI=1S/C73H103N17O26/c1-5-7-8-9-10-11-12-23-54(94)81-45(26-38-32-77-43-21-16-14-18-39(38)43)66(108)84-46(28-53(76)93)67(109)87-49(31-60(103)104)69(111)90-62-37(4)116-73(115)50(27-52(92)40-19-13-15-20-41(40)75)88-72(114)61(36(3)25-57(97)98)89-70(112)51(35-91)82-56(96)33-78-63(105)47(29-58(99)100)85-64(106)42(6-2)83-68(110)48(30-59(101)102)86-65(107)44(22-17-24-74)80-55(95)34-79-71(62)113/h13-16,18-21,32,36-37,42,44-51,61-62,77,91H,5-12,17,22-31,33-35,74-75H2,1-4H3,(H2,76,93)(H,78,105)(H,79,113)(H,80,95)(H,81,94)(H,82,96)(H,83,110)(H,84,108)(H,85,106)(H,86,107)(H,87,109)(H,88,114)(H,89,112)(H,90,111)(H,97,98)(H,99,100)(H,101,102)(H,103,104)/t36-,37-,42-,44+,45+,46-,47+,48+,49+,50+,51-,61+,62+/m1/s1. The molecule has 2 aromatic carbocycles. The number of primary amides is 1. The summed E-state index contributed by atoms with van der Waals surface area (Å²) in [5.41, 5.74) is 18.1. The number of para-hydroxylation sites is 2. The molecule has 0 spiro atoms. The average Bonchev–Trinajstić information content (AvgIpc) is 1.72. The van der Waals surface area contributed by atoms with E-state index in [0.717, 1.165) is 46.0 Å². The molecule has 25 N–H and O–H groups in total. The van der Waals surface area contributed by atoms with Crippen LogP contribution in [0.5, 0.6) is 0 Å². The molecular formula is C73H103N17O26. The van der Waals surface area contributed by atoms with E-state index in [9.17, 15) is 121 Å². The Morgan fingerprint density at radius 3 is 1.66 bits per heavy atom. The van der Waals surface area contributed by atoms with E-state index < -0.39 is 261 Å². The minimum Gasteiger partial charge on any atom is -0.481 e. The Morgan fingerprint density at radius 1 is 0.543 bits per heavy atom. The quantitative estimate of drug-likeness (QED) is 0.0112. The van der Waals surface area contributed by atoms with Crippen LogP contribution in [0.1, 0.15) is 153 Å². The number of Topliss-reactive ketones (excluding diaryl/α,β-unsaturated/α-hetero) is 1. The number of nitrogen functional groups attached to an aromatic ring is 1. The van der Waals surface area contributed by atoms with E-state index in [4.69, 9.17) is 21.9 Å². The summed E-state index contributed by atoms with van der Waals surface area (Å²) >= 11 is 0. The van der Waals surface area contributed by atoms with Crippen molar-refractivity contribution in [3.05, 3.63) is 65.9 Å². The largest absolute Gasteiger partial charge is 0.481 e. The number of ketones is 1. The molecule has 43 heteroatoms. The molecule has 43 nitrogen and oxygen atoms in total. The van der Waals surface area contributed by atoms with Gasteiger partial charge in [-0.25, -0.2) is 4.79 Å². The van der Waals surface area contributed by atoms with Crippen molar-refractivity contribution in [1.29, 1.82) is 0 Å². The Labute approximate surface area is 663 Å². The number of carboxylic acids is 4. The fourth-order valence-corrected chi connectivity index (χ4v) is 12.0. The summed E-state index contributed by atoms with van der Waals surface area (Å²) in [6, 6.07) is -10.5. The number of unbranched alkanes of at least 4 members (excludes halogenated alkanes) is 6. The van der Waals surface area contributed by atoms with Crippen molar-refractivity contribution >= 4 is 135 Å². The fourth-order valence-electron chi connectivity index (χ4n) is 12.0. The zero-order valence-electron chi connectivity index (χ0n) is 64.3. The molecule has 0 aliphatic carbocycles. The average molecular weight is 1630 g/mol. The molecule has 1 saturated heterocycles. The summed E-state index contributed by atoms with van der Waals surface area (Å²) in [4.78, 5) is 277. The third kappa shape index (κ3) is 32.4. The number of aliphatic carboxylic acids is 4. The number of anilines is 1. The van der Waals surface area contributed by atoms with Gasteiger partial charge in [-0.15, -0.1) is 0 Å². The minimum absolute atomic E-state index is 0.0185. The number of carbonyl (C=O) groups excluding carboxylic acids is 16. The van der Waals surface area contributed by atoms with Crippen LogP contribution in [-0.4, -0.2) is 248 Å². The lowest BCUT2D eigenvalue weighted by atomic mass is 9.96. The van der Waals surface area contributed by atoms with Crippen LogP contribution in [-0.2, 0) is 102 Å². The second kappa shape index (κ2) is 48.4. The predicted octanol–water partition coefficient (Wildman–Crippen LogP) is -5.23. The van der Waals surface area contributed by atoms with E-state index in [-0.39, 0.29) is 43.5 Å².